The maximum absolute atomic E-state index is 3.54. The van der Waals surface area contributed by atoms with E-state index >= 15 is 0 Å². The Morgan fingerprint density at radius 3 is 3.15 bits per heavy atom. The summed E-state index contributed by atoms with van der Waals surface area (Å²) in [6.45, 7) is 0. The second-order valence-electron chi connectivity index (χ2n) is 3.23. The van der Waals surface area contributed by atoms with Crippen molar-refractivity contribution in [1.29, 1.82) is 0 Å². The second kappa shape index (κ2) is 2.86. The number of anilines is 1. The fourth-order valence-corrected chi connectivity index (χ4v) is 3.32. The van der Waals surface area contributed by atoms with Gasteiger partial charge in [-0.25, -0.2) is 0 Å². The van der Waals surface area contributed by atoms with E-state index in [1.54, 1.807) is 11.3 Å². The van der Waals surface area contributed by atoms with Crippen LogP contribution in [0.3, 0.4) is 0 Å². The number of nitrogens with one attached hydrogen (secondary N) is 1. The van der Waals surface area contributed by atoms with Crippen LogP contribution in [-0.2, 0) is 6.42 Å². The Morgan fingerprint density at radius 2 is 2.38 bits per heavy atom. The van der Waals surface area contributed by atoms with E-state index in [1.165, 1.54) is 16.1 Å². The zero-order chi connectivity index (χ0) is 8.67. The Hall–Kier alpha value is -0.800. The van der Waals surface area contributed by atoms with E-state index < -0.39 is 0 Å². The number of thiophene rings is 2. The number of rotatable bonds is 1. The maximum Gasteiger partial charge on any atom is 0.0648 e. The molecule has 3 rings (SSSR count). The summed E-state index contributed by atoms with van der Waals surface area (Å²) in [5.41, 5.74) is 2.81. The number of hydrogen-bond acceptors (Lipinski definition) is 3. The molecule has 1 aliphatic rings. The van der Waals surface area contributed by atoms with Gasteiger partial charge in [-0.05, 0) is 22.4 Å². The van der Waals surface area contributed by atoms with Gasteiger partial charge in [-0.1, -0.05) is 6.07 Å². The topological polar surface area (TPSA) is 12.0 Å². The van der Waals surface area contributed by atoms with Gasteiger partial charge in [0.25, 0.3) is 0 Å². The summed E-state index contributed by atoms with van der Waals surface area (Å²) in [6.07, 6.45) is 1.15. The van der Waals surface area contributed by atoms with E-state index in [9.17, 15) is 0 Å². The third-order valence-corrected chi connectivity index (χ3v) is 4.16. The van der Waals surface area contributed by atoms with Crippen molar-refractivity contribution in [2.45, 2.75) is 12.5 Å². The van der Waals surface area contributed by atoms with Crippen LogP contribution in [0.1, 0.15) is 16.5 Å². The smallest absolute Gasteiger partial charge is 0.0648 e. The van der Waals surface area contributed by atoms with Crippen LogP contribution in [-0.4, -0.2) is 0 Å². The van der Waals surface area contributed by atoms with Crippen LogP contribution in [0.4, 0.5) is 5.69 Å². The van der Waals surface area contributed by atoms with Crippen molar-refractivity contribution in [2.75, 3.05) is 5.32 Å². The molecule has 0 aromatic carbocycles. The summed E-state index contributed by atoms with van der Waals surface area (Å²) >= 11 is 3.62. The van der Waals surface area contributed by atoms with Crippen molar-refractivity contribution >= 4 is 28.4 Å². The van der Waals surface area contributed by atoms with E-state index in [0.29, 0.717) is 6.04 Å². The monoisotopic (exact) mass is 207 g/mol. The third kappa shape index (κ3) is 1.19. The summed E-state index contributed by atoms with van der Waals surface area (Å²) in [4.78, 5) is 1.45. The highest BCUT2D eigenvalue weighted by Gasteiger charge is 2.22. The minimum absolute atomic E-state index is 0.526. The Morgan fingerprint density at radius 1 is 1.38 bits per heavy atom. The SMILES string of the molecule is c1csc(C2Cc3cscc3N2)c1. The molecule has 0 bridgehead atoms. The molecule has 2 aromatic rings. The summed E-state index contributed by atoms with van der Waals surface area (Å²) in [6, 6.07) is 4.85. The molecule has 3 heterocycles. The summed E-state index contributed by atoms with van der Waals surface area (Å²) in [7, 11) is 0. The molecule has 0 spiro atoms. The lowest BCUT2D eigenvalue weighted by Crippen LogP contribution is -2.02. The molecule has 13 heavy (non-hydrogen) atoms. The van der Waals surface area contributed by atoms with Crippen molar-refractivity contribution < 1.29 is 0 Å². The first-order valence-electron chi connectivity index (χ1n) is 4.28. The average Bonchev–Trinajstić information content (AvgIpc) is 2.78. The van der Waals surface area contributed by atoms with E-state index in [-0.39, 0.29) is 0 Å². The van der Waals surface area contributed by atoms with Gasteiger partial charge in [0, 0.05) is 22.4 Å². The van der Waals surface area contributed by atoms with Gasteiger partial charge in [-0.3, -0.25) is 0 Å². The maximum atomic E-state index is 3.54. The fourth-order valence-electron chi connectivity index (χ4n) is 1.73. The highest BCUT2D eigenvalue weighted by Crippen LogP contribution is 2.37. The van der Waals surface area contributed by atoms with Crippen molar-refractivity contribution in [2.24, 2.45) is 0 Å². The van der Waals surface area contributed by atoms with Crippen LogP contribution < -0.4 is 5.32 Å². The molecule has 0 saturated heterocycles. The largest absolute Gasteiger partial charge is 0.376 e. The van der Waals surface area contributed by atoms with E-state index in [4.69, 9.17) is 0 Å². The van der Waals surface area contributed by atoms with Gasteiger partial charge in [0.2, 0.25) is 0 Å². The van der Waals surface area contributed by atoms with Crippen molar-refractivity contribution in [3.8, 4) is 0 Å². The minimum Gasteiger partial charge on any atom is -0.376 e. The molecule has 0 radical (unpaired) electrons. The molecule has 1 unspecified atom stereocenters. The van der Waals surface area contributed by atoms with Crippen LogP contribution in [0, 0.1) is 0 Å². The standard InChI is InChI=1S/C10H9NS2/c1-2-10(13-3-1)8-4-7-5-12-6-9(7)11-8/h1-3,5-6,8,11H,4H2. The first-order chi connectivity index (χ1) is 6.43. The lowest BCUT2D eigenvalue weighted by Gasteiger charge is -2.07. The molecule has 0 amide bonds. The van der Waals surface area contributed by atoms with Gasteiger partial charge in [0.05, 0.1) is 6.04 Å². The first kappa shape index (κ1) is 7.59. The van der Waals surface area contributed by atoms with Gasteiger partial charge < -0.3 is 5.32 Å². The molecule has 1 nitrogen and oxygen atoms in total. The minimum atomic E-state index is 0.526. The molecule has 0 fully saturated rings. The van der Waals surface area contributed by atoms with Crippen molar-refractivity contribution in [1.82, 2.24) is 0 Å². The number of hydrogen-bond donors (Lipinski definition) is 1. The van der Waals surface area contributed by atoms with Crippen LogP contribution in [0.5, 0.6) is 0 Å². The molecule has 2 aromatic heterocycles. The molecule has 0 aliphatic carbocycles. The first-order valence-corrected chi connectivity index (χ1v) is 6.11. The lowest BCUT2D eigenvalue weighted by molar-refractivity contribution is 0.844. The van der Waals surface area contributed by atoms with Gasteiger partial charge in [0.15, 0.2) is 0 Å². The van der Waals surface area contributed by atoms with Crippen LogP contribution in [0.25, 0.3) is 0 Å². The predicted molar refractivity (Wildman–Crippen MR) is 58.7 cm³/mol. The Bertz CT molecular complexity index is 382. The molecule has 1 atom stereocenters. The molecule has 1 aliphatic heterocycles. The molecule has 0 saturated carbocycles. The Kier molecular flexibility index (Phi) is 1.67. The van der Waals surface area contributed by atoms with Gasteiger partial charge in [0.1, 0.15) is 0 Å². The lowest BCUT2D eigenvalue weighted by atomic mass is 10.1. The normalized spacial score (nSPS) is 19.8. The van der Waals surface area contributed by atoms with Crippen LogP contribution in [0.2, 0.25) is 0 Å². The summed E-state index contributed by atoms with van der Waals surface area (Å²) in [5.74, 6) is 0. The molecule has 3 heteroatoms. The Labute approximate surface area is 85.0 Å². The molecule has 1 N–H and O–H groups in total. The summed E-state index contributed by atoms with van der Waals surface area (Å²) < 4.78 is 0. The van der Waals surface area contributed by atoms with Crippen molar-refractivity contribution in [3.63, 3.8) is 0 Å². The highest BCUT2D eigenvalue weighted by atomic mass is 32.1. The van der Waals surface area contributed by atoms with Crippen molar-refractivity contribution in [3.05, 3.63) is 38.7 Å². The Balaban J connectivity index is 1.90. The van der Waals surface area contributed by atoms with Gasteiger partial charge >= 0.3 is 0 Å². The van der Waals surface area contributed by atoms with Crippen LogP contribution >= 0.6 is 22.7 Å². The quantitative estimate of drug-likeness (QED) is 0.754. The van der Waals surface area contributed by atoms with E-state index in [2.05, 4.69) is 33.6 Å². The molecular formula is C10H9NS2. The van der Waals surface area contributed by atoms with Gasteiger partial charge in [-0.15, -0.1) is 22.7 Å². The fraction of sp³-hybridized carbons (Fsp3) is 0.200. The highest BCUT2D eigenvalue weighted by molar-refractivity contribution is 7.10. The van der Waals surface area contributed by atoms with Gasteiger partial charge in [-0.2, -0.15) is 0 Å². The third-order valence-electron chi connectivity index (χ3n) is 2.38. The average molecular weight is 207 g/mol. The van der Waals surface area contributed by atoms with E-state index in [1.807, 2.05) is 11.3 Å². The van der Waals surface area contributed by atoms with Crippen LogP contribution in [0.15, 0.2) is 28.3 Å². The predicted octanol–water partition coefficient (Wildman–Crippen LogP) is 3.52. The number of fused-ring (bicyclic) bond motifs is 1. The molecular weight excluding hydrogens is 198 g/mol. The van der Waals surface area contributed by atoms with E-state index in [0.717, 1.165) is 6.42 Å². The second-order valence-corrected chi connectivity index (χ2v) is 4.95. The molecule has 66 valence electrons. The zero-order valence-corrected chi connectivity index (χ0v) is 8.62. The summed E-state index contributed by atoms with van der Waals surface area (Å²) in [5, 5.41) is 10.1. The zero-order valence-electron chi connectivity index (χ0n) is 6.99.